The van der Waals surface area contributed by atoms with Gasteiger partial charge in [-0.15, -0.1) is 0 Å². The second kappa shape index (κ2) is 6.32. The summed E-state index contributed by atoms with van der Waals surface area (Å²) >= 11 is 0. The van der Waals surface area contributed by atoms with E-state index in [4.69, 9.17) is 9.84 Å². The van der Waals surface area contributed by atoms with Gasteiger partial charge in [-0.2, -0.15) is 0 Å². The molecule has 2 aliphatic rings. The van der Waals surface area contributed by atoms with Gasteiger partial charge in [-0.3, -0.25) is 4.79 Å². The predicted molar refractivity (Wildman–Crippen MR) is 90.5 cm³/mol. The van der Waals surface area contributed by atoms with E-state index >= 15 is 0 Å². The van der Waals surface area contributed by atoms with E-state index < -0.39 is 17.1 Å². The Balaban J connectivity index is 1.93. The lowest BCUT2D eigenvalue weighted by Crippen LogP contribution is -2.46. The van der Waals surface area contributed by atoms with Crippen LogP contribution in [0.2, 0.25) is 0 Å². The quantitative estimate of drug-likeness (QED) is 0.908. The van der Waals surface area contributed by atoms with E-state index in [-0.39, 0.29) is 25.4 Å². The largest absolute Gasteiger partial charge is 0.496 e. The maximum Gasteiger partial charge on any atom is 0.343 e. The summed E-state index contributed by atoms with van der Waals surface area (Å²) < 4.78 is 19.8. The Hall–Kier alpha value is -2.11. The fourth-order valence-corrected chi connectivity index (χ4v) is 4.15. The number of rotatable bonds is 4. The number of aryl methyl sites for hydroxylation is 1. The molecule has 5 nitrogen and oxygen atoms in total. The summed E-state index contributed by atoms with van der Waals surface area (Å²) in [6.07, 6.45) is 3.09. The van der Waals surface area contributed by atoms with Crippen molar-refractivity contribution in [2.24, 2.45) is 0 Å². The van der Waals surface area contributed by atoms with Crippen molar-refractivity contribution in [3.05, 3.63) is 29.3 Å². The number of hydrogen-bond donors (Lipinski definition) is 1. The molecule has 1 atom stereocenters. The molecule has 0 bridgehead atoms. The number of ether oxygens (including phenoxy) is 1. The second-order valence-corrected chi connectivity index (χ2v) is 7.22. The zero-order chi connectivity index (χ0) is 18.2. The highest BCUT2D eigenvalue weighted by molar-refractivity contribution is 5.90. The van der Waals surface area contributed by atoms with Gasteiger partial charge >= 0.3 is 5.97 Å². The first-order valence-electron chi connectivity index (χ1n) is 8.69. The Morgan fingerprint density at radius 1 is 1.24 bits per heavy atom. The molecule has 1 aromatic carbocycles. The molecular weight excluding hydrogens is 325 g/mol. The van der Waals surface area contributed by atoms with Crippen LogP contribution in [-0.2, 0) is 15.0 Å². The van der Waals surface area contributed by atoms with E-state index in [0.29, 0.717) is 12.8 Å². The lowest BCUT2D eigenvalue weighted by atomic mass is 9.77. The number of amides is 1. The highest BCUT2D eigenvalue weighted by atomic mass is 19.1. The monoisotopic (exact) mass is 349 g/mol. The van der Waals surface area contributed by atoms with Gasteiger partial charge < -0.3 is 14.7 Å². The van der Waals surface area contributed by atoms with Crippen molar-refractivity contribution in [3.63, 3.8) is 0 Å². The molecule has 1 aliphatic carbocycles. The van der Waals surface area contributed by atoms with Gasteiger partial charge in [-0.1, -0.05) is 25.0 Å². The first-order valence-corrected chi connectivity index (χ1v) is 8.69. The molecule has 0 spiro atoms. The molecule has 1 amide bonds. The van der Waals surface area contributed by atoms with E-state index in [1.165, 1.54) is 4.90 Å². The molecule has 1 aromatic rings. The minimum atomic E-state index is -2.33. The van der Waals surface area contributed by atoms with Gasteiger partial charge in [-0.05, 0) is 37.0 Å². The maximum absolute atomic E-state index is 14.4. The van der Waals surface area contributed by atoms with Crippen molar-refractivity contribution in [1.29, 1.82) is 0 Å². The van der Waals surface area contributed by atoms with Crippen molar-refractivity contribution < 1.29 is 23.8 Å². The topological polar surface area (TPSA) is 66.8 Å². The van der Waals surface area contributed by atoms with E-state index in [9.17, 15) is 14.0 Å². The van der Waals surface area contributed by atoms with Crippen LogP contribution in [-0.4, -0.2) is 47.8 Å². The Kier molecular flexibility index (Phi) is 4.47. The number of carboxylic acids is 1. The second-order valence-electron chi connectivity index (χ2n) is 7.22. The lowest BCUT2D eigenvalue weighted by molar-refractivity contribution is -0.150. The third-order valence-electron chi connectivity index (χ3n) is 5.72. The number of benzene rings is 1. The van der Waals surface area contributed by atoms with Crippen LogP contribution in [0, 0.1) is 6.92 Å². The molecule has 0 radical (unpaired) electrons. The van der Waals surface area contributed by atoms with Crippen molar-refractivity contribution in [3.8, 4) is 5.75 Å². The van der Waals surface area contributed by atoms with Crippen LogP contribution >= 0.6 is 0 Å². The molecular formula is C19H24FNO4. The van der Waals surface area contributed by atoms with Gasteiger partial charge in [0.2, 0.25) is 11.6 Å². The summed E-state index contributed by atoms with van der Waals surface area (Å²) in [7, 11) is 1.60. The Morgan fingerprint density at radius 2 is 1.92 bits per heavy atom. The first-order chi connectivity index (χ1) is 11.8. The summed E-state index contributed by atoms with van der Waals surface area (Å²) in [5.74, 6) is -0.916. The third kappa shape index (κ3) is 2.87. The van der Waals surface area contributed by atoms with Gasteiger partial charge in [0.1, 0.15) is 5.75 Å². The molecule has 136 valence electrons. The van der Waals surface area contributed by atoms with Crippen molar-refractivity contribution >= 4 is 11.9 Å². The van der Waals surface area contributed by atoms with Gasteiger partial charge in [0.05, 0.1) is 19.1 Å². The number of nitrogens with zero attached hydrogens (tertiary/aromatic N) is 1. The number of alkyl halides is 1. The molecule has 1 saturated carbocycles. The minimum absolute atomic E-state index is 0.145. The summed E-state index contributed by atoms with van der Waals surface area (Å²) in [4.78, 5) is 25.8. The van der Waals surface area contributed by atoms with Gasteiger partial charge in [-0.25, -0.2) is 9.18 Å². The molecule has 1 unspecified atom stereocenters. The Bertz CT molecular complexity index is 699. The van der Waals surface area contributed by atoms with Gasteiger partial charge in [0.15, 0.2) is 0 Å². The maximum atomic E-state index is 14.4. The number of methoxy groups -OCH3 is 1. The number of likely N-dealkylation sites (tertiary alicyclic amines) is 1. The number of aliphatic carboxylic acids is 1. The van der Waals surface area contributed by atoms with Crippen LogP contribution in [0.1, 0.15) is 43.2 Å². The average molecular weight is 349 g/mol. The number of halogens is 1. The van der Waals surface area contributed by atoms with Crippen molar-refractivity contribution in [2.75, 3.05) is 20.2 Å². The van der Waals surface area contributed by atoms with Crippen LogP contribution in [0.25, 0.3) is 0 Å². The van der Waals surface area contributed by atoms with E-state index in [1.54, 1.807) is 7.11 Å². The van der Waals surface area contributed by atoms with Gasteiger partial charge in [0.25, 0.3) is 0 Å². The Morgan fingerprint density at radius 3 is 2.48 bits per heavy atom. The molecule has 6 heteroatoms. The number of carboxylic acid groups (broad SMARTS) is 1. The predicted octanol–water partition coefficient (Wildman–Crippen LogP) is 2.84. The number of carbonyl (C=O) groups excluding carboxylic acids is 1. The summed E-state index contributed by atoms with van der Waals surface area (Å²) in [5.41, 5.74) is -1.17. The summed E-state index contributed by atoms with van der Waals surface area (Å²) in [5, 5.41) is 9.09. The summed E-state index contributed by atoms with van der Waals surface area (Å²) in [6.45, 7) is 1.72. The molecule has 1 heterocycles. The zero-order valence-electron chi connectivity index (χ0n) is 14.7. The molecule has 1 N–H and O–H groups in total. The highest BCUT2D eigenvalue weighted by Crippen LogP contribution is 2.45. The SMILES string of the molecule is COc1cc(C2(C(=O)N3CCC(F)(C(=O)O)C3)CCCC2)ccc1C. The fourth-order valence-electron chi connectivity index (χ4n) is 4.15. The van der Waals surface area contributed by atoms with Crippen LogP contribution in [0.5, 0.6) is 5.75 Å². The lowest BCUT2D eigenvalue weighted by Gasteiger charge is -2.33. The smallest absolute Gasteiger partial charge is 0.343 e. The van der Waals surface area contributed by atoms with Crippen LogP contribution in [0.3, 0.4) is 0 Å². The Labute approximate surface area is 146 Å². The standard InChI is InChI=1S/C19H24FNO4/c1-13-5-6-14(11-15(13)25-2)18(7-3-4-8-18)16(22)21-10-9-19(20,12-21)17(23)24/h5-6,11H,3-4,7-10,12H2,1-2H3,(H,23,24). The van der Waals surface area contributed by atoms with E-state index in [1.807, 2.05) is 25.1 Å². The normalized spacial score (nSPS) is 25.2. The molecule has 2 fully saturated rings. The molecule has 1 aliphatic heterocycles. The third-order valence-corrected chi connectivity index (χ3v) is 5.72. The molecule has 25 heavy (non-hydrogen) atoms. The highest BCUT2D eigenvalue weighted by Gasteiger charge is 2.52. The average Bonchev–Trinajstić information content (AvgIpc) is 3.23. The van der Waals surface area contributed by atoms with Crippen molar-refractivity contribution in [2.45, 2.75) is 50.1 Å². The van der Waals surface area contributed by atoms with Crippen LogP contribution in [0.15, 0.2) is 18.2 Å². The first kappa shape index (κ1) is 17.7. The minimum Gasteiger partial charge on any atom is -0.496 e. The number of carbonyl (C=O) groups is 2. The molecule has 3 rings (SSSR count). The fraction of sp³-hybridized carbons (Fsp3) is 0.579. The summed E-state index contributed by atoms with van der Waals surface area (Å²) in [6, 6.07) is 5.77. The van der Waals surface area contributed by atoms with Crippen LogP contribution < -0.4 is 4.74 Å². The van der Waals surface area contributed by atoms with Gasteiger partial charge in [0, 0.05) is 13.0 Å². The van der Waals surface area contributed by atoms with Crippen molar-refractivity contribution in [1.82, 2.24) is 4.90 Å². The molecule has 1 saturated heterocycles. The van der Waals surface area contributed by atoms with Crippen LogP contribution in [0.4, 0.5) is 4.39 Å². The molecule has 0 aromatic heterocycles. The zero-order valence-corrected chi connectivity index (χ0v) is 14.7. The van der Waals surface area contributed by atoms with E-state index in [0.717, 1.165) is 29.7 Å². The number of hydrogen-bond acceptors (Lipinski definition) is 3. The van der Waals surface area contributed by atoms with E-state index in [2.05, 4.69) is 0 Å².